The highest BCUT2D eigenvalue weighted by Crippen LogP contribution is 2.40. The molecule has 2 unspecified atom stereocenters. The Morgan fingerprint density at radius 1 is 1.50 bits per heavy atom. The van der Waals surface area contributed by atoms with Gasteiger partial charge in [-0.2, -0.15) is 0 Å². The minimum absolute atomic E-state index is 0.199. The Morgan fingerprint density at radius 3 is 3.00 bits per heavy atom. The van der Waals surface area contributed by atoms with E-state index in [1.165, 1.54) is 25.3 Å². The molecule has 0 bridgehead atoms. The molecule has 2 heterocycles. The summed E-state index contributed by atoms with van der Waals surface area (Å²) in [7, 11) is 0. The molecule has 1 aliphatic heterocycles. The van der Waals surface area contributed by atoms with Gasteiger partial charge in [0.05, 0.1) is 18.9 Å². The fraction of sp³-hybridized carbons (Fsp3) is 0.312. The van der Waals surface area contributed by atoms with Gasteiger partial charge in [0, 0.05) is 24.5 Å². The predicted molar refractivity (Wildman–Crippen MR) is 75.8 cm³/mol. The molecule has 1 aromatic carbocycles. The van der Waals surface area contributed by atoms with Gasteiger partial charge in [-0.1, -0.05) is 0 Å². The minimum Gasteiger partial charge on any atom is -0.493 e. The zero-order valence-electron chi connectivity index (χ0n) is 12.0. The number of hydrogen-bond donors (Lipinski definition) is 2. The summed E-state index contributed by atoms with van der Waals surface area (Å²) in [4.78, 5) is 11.3. The third-order valence-corrected chi connectivity index (χ3v) is 3.62. The molecule has 3 rings (SSSR count). The zero-order valence-corrected chi connectivity index (χ0v) is 12.0. The lowest BCUT2D eigenvalue weighted by molar-refractivity contribution is -0.119. The van der Waals surface area contributed by atoms with Gasteiger partial charge in [0.2, 0.25) is 5.91 Å². The van der Waals surface area contributed by atoms with E-state index in [1.807, 2.05) is 0 Å². The first-order valence-corrected chi connectivity index (χ1v) is 7.01. The molecule has 0 spiro atoms. The molecule has 0 saturated carbocycles. The third kappa shape index (κ3) is 2.69. The molecular weight excluding hydrogens is 289 g/mol. The molecule has 1 aromatic heterocycles. The number of hydrogen-bond acceptors (Lipinski definition) is 4. The third-order valence-electron chi connectivity index (χ3n) is 3.62. The molecule has 2 N–H and O–H groups in total. The van der Waals surface area contributed by atoms with Crippen molar-refractivity contribution in [2.45, 2.75) is 25.5 Å². The van der Waals surface area contributed by atoms with Crippen molar-refractivity contribution in [1.29, 1.82) is 0 Å². The van der Waals surface area contributed by atoms with Crippen molar-refractivity contribution in [2.24, 2.45) is 0 Å². The highest BCUT2D eigenvalue weighted by Gasteiger charge is 2.29. The second-order valence-corrected chi connectivity index (χ2v) is 5.22. The van der Waals surface area contributed by atoms with E-state index in [-0.39, 0.29) is 11.9 Å². The van der Waals surface area contributed by atoms with Gasteiger partial charge in [-0.3, -0.25) is 4.79 Å². The van der Waals surface area contributed by atoms with Crippen LogP contribution in [0.15, 0.2) is 34.9 Å². The molecule has 22 heavy (non-hydrogen) atoms. The smallest absolute Gasteiger partial charge is 0.217 e. The highest BCUT2D eigenvalue weighted by molar-refractivity contribution is 5.73. The van der Waals surface area contributed by atoms with Crippen LogP contribution in [0.25, 0.3) is 0 Å². The van der Waals surface area contributed by atoms with Crippen LogP contribution in [0.2, 0.25) is 0 Å². The average Bonchev–Trinajstić information content (AvgIpc) is 3.00. The topological polar surface area (TPSA) is 71.7 Å². The molecule has 1 amide bonds. The van der Waals surface area contributed by atoms with Crippen molar-refractivity contribution in [1.82, 2.24) is 5.32 Å². The number of rotatable bonds is 3. The fourth-order valence-corrected chi connectivity index (χ4v) is 2.69. The number of ether oxygens (including phenoxy) is 1. The van der Waals surface area contributed by atoms with Gasteiger partial charge in [0.15, 0.2) is 0 Å². The lowest BCUT2D eigenvalue weighted by Gasteiger charge is -2.29. The SMILES string of the molecule is CC(=O)NC1CCOc2c1cc(F)cc2C(O)c1ccco1. The molecule has 5 nitrogen and oxygen atoms in total. The second kappa shape index (κ2) is 5.81. The minimum atomic E-state index is -1.13. The van der Waals surface area contributed by atoms with Crippen LogP contribution in [-0.2, 0) is 4.79 Å². The molecule has 116 valence electrons. The number of carbonyl (C=O) groups excluding carboxylic acids is 1. The Labute approximate surface area is 126 Å². The monoisotopic (exact) mass is 305 g/mol. The molecule has 6 heteroatoms. The molecule has 0 fully saturated rings. The van der Waals surface area contributed by atoms with E-state index in [2.05, 4.69) is 5.32 Å². The average molecular weight is 305 g/mol. The second-order valence-electron chi connectivity index (χ2n) is 5.22. The van der Waals surface area contributed by atoms with Crippen molar-refractivity contribution in [2.75, 3.05) is 6.61 Å². The van der Waals surface area contributed by atoms with Gasteiger partial charge in [0.25, 0.3) is 0 Å². The summed E-state index contributed by atoms with van der Waals surface area (Å²) in [5.41, 5.74) is 0.821. The molecule has 0 aliphatic carbocycles. The number of fused-ring (bicyclic) bond motifs is 1. The van der Waals surface area contributed by atoms with Crippen LogP contribution in [0.5, 0.6) is 5.75 Å². The van der Waals surface area contributed by atoms with Crippen molar-refractivity contribution < 1.29 is 23.4 Å². The summed E-state index contributed by atoms with van der Waals surface area (Å²) >= 11 is 0. The largest absolute Gasteiger partial charge is 0.493 e. The normalized spacial score (nSPS) is 18.2. The van der Waals surface area contributed by atoms with E-state index in [1.54, 1.807) is 12.1 Å². The summed E-state index contributed by atoms with van der Waals surface area (Å²) in [6.07, 6.45) is 0.855. The van der Waals surface area contributed by atoms with Crippen molar-refractivity contribution in [3.05, 3.63) is 53.2 Å². The van der Waals surface area contributed by atoms with E-state index in [0.717, 1.165) is 0 Å². The van der Waals surface area contributed by atoms with Crippen LogP contribution in [-0.4, -0.2) is 17.6 Å². The van der Waals surface area contributed by atoms with Crippen LogP contribution in [0, 0.1) is 5.82 Å². The lowest BCUT2D eigenvalue weighted by atomic mass is 9.94. The Hall–Kier alpha value is -2.34. The number of aliphatic hydroxyl groups excluding tert-OH is 1. The summed E-state index contributed by atoms with van der Waals surface area (Å²) in [6, 6.07) is 5.47. The van der Waals surface area contributed by atoms with Gasteiger partial charge in [0.1, 0.15) is 23.4 Å². The Morgan fingerprint density at radius 2 is 2.32 bits per heavy atom. The first-order chi connectivity index (χ1) is 10.6. The highest BCUT2D eigenvalue weighted by atomic mass is 19.1. The summed E-state index contributed by atoms with van der Waals surface area (Å²) in [6.45, 7) is 1.79. The maximum Gasteiger partial charge on any atom is 0.217 e. The van der Waals surface area contributed by atoms with Crippen LogP contribution in [0.4, 0.5) is 4.39 Å². The van der Waals surface area contributed by atoms with E-state index in [0.29, 0.717) is 35.7 Å². The molecule has 0 saturated heterocycles. The maximum absolute atomic E-state index is 14.0. The van der Waals surface area contributed by atoms with Crippen molar-refractivity contribution >= 4 is 5.91 Å². The number of halogens is 1. The number of furan rings is 1. The summed E-state index contributed by atoms with van der Waals surface area (Å²) in [5, 5.41) is 13.2. The first kappa shape index (κ1) is 14.6. The van der Waals surface area contributed by atoms with Crippen LogP contribution in [0.1, 0.15) is 42.4 Å². The quantitative estimate of drug-likeness (QED) is 0.914. The van der Waals surface area contributed by atoms with Crippen LogP contribution < -0.4 is 10.1 Å². The lowest BCUT2D eigenvalue weighted by Crippen LogP contribution is -2.31. The van der Waals surface area contributed by atoms with Gasteiger partial charge in [-0.25, -0.2) is 4.39 Å². The summed E-state index contributed by atoms with van der Waals surface area (Å²) < 4.78 is 24.8. The van der Waals surface area contributed by atoms with E-state index in [4.69, 9.17) is 9.15 Å². The fourth-order valence-electron chi connectivity index (χ4n) is 2.69. The summed E-state index contributed by atoms with van der Waals surface area (Å²) in [5.74, 6) is 0.00352. The first-order valence-electron chi connectivity index (χ1n) is 7.01. The number of amides is 1. The standard InChI is InChI=1S/C16H16FNO4/c1-9(19)18-13-4-6-22-16-11(13)7-10(17)8-12(16)15(20)14-3-2-5-21-14/h2-3,5,7-8,13,15,20H,4,6H2,1H3,(H,18,19). The number of benzene rings is 1. The van der Waals surface area contributed by atoms with Gasteiger partial charge in [-0.15, -0.1) is 0 Å². The van der Waals surface area contributed by atoms with Gasteiger partial charge in [-0.05, 0) is 24.3 Å². The molecule has 2 atom stereocenters. The predicted octanol–water partition coefficient (Wildman–Crippen LogP) is 2.46. The van der Waals surface area contributed by atoms with Gasteiger partial charge < -0.3 is 19.6 Å². The van der Waals surface area contributed by atoms with Crippen molar-refractivity contribution in [3.63, 3.8) is 0 Å². The van der Waals surface area contributed by atoms with E-state index < -0.39 is 11.9 Å². The Kier molecular flexibility index (Phi) is 3.85. The molecule has 2 aromatic rings. The van der Waals surface area contributed by atoms with Crippen LogP contribution in [0.3, 0.4) is 0 Å². The zero-order chi connectivity index (χ0) is 15.7. The van der Waals surface area contributed by atoms with Gasteiger partial charge >= 0.3 is 0 Å². The molecular formula is C16H16FNO4. The number of nitrogens with one attached hydrogen (secondary N) is 1. The Bertz CT molecular complexity index is 684. The van der Waals surface area contributed by atoms with E-state index >= 15 is 0 Å². The number of carbonyl (C=O) groups is 1. The Balaban J connectivity index is 2.05. The number of aliphatic hydroxyl groups is 1. The molecule has 0 radical (unpaired) electrons. The maximum atomic E-state index is 14.0. The molecule has 1 aliphatic rings. The van der Waals surface area contributed by atoms with Crippen molar-refractivity contribution in [3.8, 4) is 5.75 Å². The van der Waals surface area contributed by atoms with E-state index in [9.17, 15) is 14.3 Å². The van der Waals surface area contributed by atoms with Crippen LogP contribution >= 0.6 is 0 Å².